The van der Waals surface area contributed by atoms with Crippen molar-refractivity contribution in [1.29, 1.82) is 0 Å². The summed E-state index contributed by atoms with van der Waals surface area (Å²) in [5.41, 5.74) is 5.38. The van der Waals surface area contributed by atoms with E-state index in [4.69, 9.17) is 16.3 Å². The van der Waals surface area contributed by atoms with E-state index in [0.29, 0.717) is 22.2 Å². The van der Waals surface area contributed by atoms with Crippen molar-refractivity contribution in [2.45, 2.75) is 26.7 Å². The first-order valence-corrected chi connectivity index (χ1v) is 8.76. The van der Waals surface area contributed by atoms with Crippen LogP contribution in [-0.4, -0.2) is 24.6 Å². The van der Waals surface area contributed by atoms with Gasteiger partial charge in [-0.15, -0.1) is 0 Å². The highest BCUT2D eigenvalue weighted by Crippen LogP contribution is 2.25. The van der Waals surface area contributed by atoms with Crippen LogP contribution < -0.4 is 15.5 Å². The lowest BCUT2D eigenvalue weighted by Crippen LogP contribution is -2.23. The molecule has 2 aromatic carbocycles. The van der Waals surface area contributed by atoms with E-state index in [1.165, 1.54) is 0 Å². The van der Waals surface area contributed by atoms with Crippen molar-refractivity contribution in [3.05, 3.63) is 58.6 Å². The van der Waals surface area contributed by atoms with Gasteiger partial charge in [0.15, 0.2) is 0 Å². The van der Waals surface area contributed by atoms with Gasteiger partial charge in [-0.25, -0.2) is 5.43 Å². The molecule has 0 radical (unpaired) electrons. The molecule has 2 N–H and O–H groups in total. The summed E-state index contributed by atoms with van der Waals surface area (Å²) in [5, 5.41) is 7.39. The van der Waals surface area contributed by atoms with Crippen LogP contribution in [0.2, 0.25) is 5.02 Å². The summed E-state index contributed by atoms with van der Waals surface area (Å²) in [6.45, 7) is 3.60. The van der Waals surface area contributed by atoms with Crippen LogP contribution in [0.5, 0.6) is 5.75 Å². The van der Waals surface area contributed by atoms with Gasteiger partial charge in [0.2, 0.25) is 11.8 Å². The molecule has 2 rings (SSSR count). The molecule has 7 heteroatoms. The predicted molar refractivity (Wildman–Crippen MR) is 107 cm³/mol. The summed E-state index contributed by atoms with van der Waals surface area (Å²) < 4.78 is 5.24. The fourth-order valence-electron chi connectivity index (χ4n) is 2.37. The van der Waals surface area contributed by atoms with E-state index in [-0.39, 0.29) is 24.7 Å². The number of anilines is 1. The van der Waals surface area contributed by atoms with Crippen molar-refractivity contribution in [1.82, 2.24) is 5.43 Å². The number of ether oxygens (including phenoxy) is 1. The summed E-state index contributed by atoms with van der Waals surface area (Å²) in [6.07, 6.45) is 0.235. The average Bonchev–Trinajstić information content (AvgIpc) is 2.62. The Morgan fingerprint density at radius 1 is 1.11 bits per heavy atom. The number of carbonyl (C=O) groups excluding carboxylic acids is 2. The van der Waals surface area contributed by atoms with Gasteiger partial charge in [-0.1, -0.05) is 29.8 Å². The molecular weight excluding hydrogens is 366 g/mol. The molecule has 0 saturated carbocycles. The zero-order chi connectivity index (χ0) is 19.8. The van der Waals surface area contributed by atoms with Gasteiger partial charge in [0.05, 0.1) is 25.6 Å². The number of nitrogens with one attached hydrogen (secondary N) is 2. The lowest BCUT2D eigenvalue weighted by molar-refractivity contribution is -0.120. The Kier molecular flexibility index (Phi) is 7.37. The molecule has 0 aliphatic heterocycles. The number of hydrogen-bond acceptors (Lipinski definition) is 4. The van der Waals surface area contributed by atoms with E-state index >= 15 is 0 Å². The van der Waals surface area contributed by atoms with Crippen LogP contribution in [0, 0.1) is 6.92 Å². The smallest absolute Gasteiger partial charge is 0.244 e. The van der Waals surface area contributed by atoms with Crippen molar-refractivity contribution in [3.63, 3.8) is 0 Å². The number of amides is 2. The molecule has 0 aliphatic rings. The largest absolute Gasteiger partial charge is 0.495 e. The van der Waals surface area contributed by atoms with E-state index in [1.807, 2.05) is 19.1 Å². The van der Waals surface area contributed by atoms with Crippen LogP contribution in [-0.2, 0) is 16.0 Å². The summed E-state index contributed by atoms with van der Waals surface area (Å²) in [4.78, 5) is 24.1. The molecule has 0 heterocycles. The van der Waals surface area contributed by atoms with E-state index in [0.717, 1.165) is 11.1 Å². The predicted octanol–water partition coefficient (Wildman–Crippen LogP) is 3.72. The first kappa shape index (κ1) is 20.5. The molecule has 6 nitrogen and oxygen atoms in total. The summed E-state index contributed by atoms with van der Waals surface area (Å²) in [7, 11) is 1.54. The molecule has 0 atom stereocenters. The van der Waals surface area contributed by atoms with Crippen LogP contribution in [0.15, 0.2) is 47.6 Å². The van der Waals surface area contributed by atoms with Crippen LogP contribution in [0.4, 0.5) is 5.69 Å². The molecule has 0 bridgehead atoms. The Morgan fingerprint density at radius 2 is 1.81 bits per heavy atom. The fraction of sp³-hybridized carbons (Fsp3) is 0.250. The van der Waals surface area contributed by atoms with Crippen LogP contribution >= 0.6 is 11.6 Å². The first-order valence-electron chi connectivity index (χ1n) is 8.38. The molecule has 142 valence electrons. The Bertz CT molecular complexity index is 848. The fourth-order valence-corrected chi connectivity index (χ4v) is 2.50. The van der Waals surface area contributed by atoms with Gasteiger partial charge in [-0.05, 0) is 49.2 Å². The number of methoxy groups -OCH3 is 1. The number of halogens is 1. The molecule has 0 saturated heterocycles. The zero-order valence-corrected chi connectivity index (χ0v) is 16.3. The third kappa shape index (κ3) is 6.75. The minimum atomic E-state index is -0.266. The number of aryl methyl sites for hydroxylation is 1. The highest BCUT2D eigenvalue weighted by molar-refractivity contribution is 6.30. The Morgan fingerprint density at radius 3 is 2.48 bits per heavy atom. The first-order chi connectivity index (χ1) is 12.9. The van der Waals surface area contributed by atoms with Gasteiger partial charge in [-0.3, -0.25) is 9.59 Å². The third-order valence-electron chi connectivity index (χ3n) is 3.69. The highest BCUT2D eigenvalue weighted by atomic mass is 35.5. The van der Waals surface area contributed by atoms with E-state index in [9.17, 15) is 9.59 Å². The molecule has 27 heavy (non-hydrogen) atoms. The van der Waals surface area contributed by atoms with E-state index < -0.39 is 0 Å². The number of rotatable bonds is 7. The maximum absolute atomic E-state index is 12.2. The second-order valence-electron chi connectivity index (χ2n) is 6.11. The van der Waals surface area contributed by atoms with Crippen LogP contribution in [0.1, 0.15) is 24.5 Å². The van der Waals surface area contributed by atoms with Crippen molar-refractivity contribution >= 4 is 34.8 Å². The number of hydrogen-bond donors (Lipinski definition) is 2. The molecule has 0 spiro atoms. The third-order valence-corrected chi connectivity index (χ3v) is 3.95. The second kappa shape index (κ2) is 9.73. The summed E-state index contributed by atoms with van der Waals surface area (Å²) >= 11 is 5.82. The minimum Gasteiger partial charge on any atom is -0.495 e. The Hall–Kier alpha value is -2.86. The lowest BCUT2D eigenvalue weighted by Gasteiger charge is -2.11. The van der Waals surface area contributed by atoms with Gasteiger partial charge < -0.3 is 10.1 Å². The molecular formula is C20H22ClN3O3. The topological polar surface area (TPSA) is 79.8 Å². The van der Waals surface area contributed by atoms with Crippen LogP contribution in [0.25, 0.3) is 0 Å². The number of benzene rings is 2. The summed E-state index contributed by atoms with van der Waals surface area (Å²) in [6, 6.07) is 12.5. The Balaban J connectivity index is 1.87. The molecule has 0 aliphatic carbocycles. The van der Waals surface area contributed by atoms with Crippen molar-refractivity contribution in [2.24, 2.45) is 5.10 Å². The van der Waals surface area contributed by atoms with Gasteiger partial charge >= 0.3 is 0 Å². The highest BCUT2D eigenvalue weighted by Gasteiger charge is 2.10. The molecule has 0 fully saturated rings. The minimum absolute atomic E-state index is 0.0539. The molecule has 0 aromatic heterocycles. The molecule has 2 amide bonds. The van der Waals surface area contributed by atoms with Gasteiger partial charge in [0.25, 0.3) is 0 Å². The maximum atomic E-state index is 12.2. The Labute approximate surface area is 163 Å². The number of nitrogens with zero attached hydrogens (tertiary/aromatic N) is 1. The van der Waals surface area contributed by atoms with Gasteiger partial charge in [0, 0.05) is 10.7 Å². The van der Waals surface area contributed by atoms with Crippen LogP contribution in [0.3, 0.4) is 0 Å². The second-order valence-corrected chi connectivity index (χ2v) is 6.55. The monoisotopic (exact) mass is 387 g/mol. The maximum Gasteiger partial charge on any atom is 0.244 e. The number of carbonyl (C=O) groups is 2. The molecule has 0 unspecified atom stereocenters. The van der Waals surface area contributed by atoms with Crippen molar-refractivity contribution < 1.29 is 14.3 Å². The zero-order valence-electron chi connectivity index (χ0n) is 15.5. The average molecular weight is 388 g/mol. The van der Waals surface area contributed by atoms with E-state index in [1.54, 1.807) is 44.4 Å². The van der Waals surface area contributed by atoms with Crippen molar-refractivity contribution in [2.75, 3.05) is 12.4 Å². The SMILES string of the molecule is COc1ccc(C)cc1NC(=O)C/C(C)=N\NC(=O)Cc1ccc(Cl)cc1. The van der Waals surface area contributed by atoms with E-state index in [2.05, 4.69) is 15.8 Å². The quantitative estimate of drug-likeness (QED) is 0.561. The van der Waals surface area contributed by atoms with Crippen molar-refractivity contribution in [3.8, 4) is 5.75 Å². The number of hydrazone groups is 1. The normalized spacial score (nSPS) is 11.0. The van der Waals surface area contributed by atoms with Gasteiger partial charge in [-0.2, -0.15) is 5.10 Å². The lowest BCUT2D eigenvalue weighted by atomic mass is 10.1. The molecule has 2 aromatic rings. The standard InChI is InChI=1S/C20H22ClN3O3/c1-13-4-9-18(27-3)17(10-13)22-19(25)11-14(2)23-24-20(26)12-15-5-7-16(21)8-6-15/h4-10H,11-12H2,1-3H3,(H,22,25)(H,24,26)/b23-14-. The summed E-state index contributed by atoms with van der Waals surface area (Å²) in [5.74, 6) is 0.0735. The van der Waals surface area contributed by atoms with Gasteiger partial charge in [0.1, 0.15) is 5.75 Å².